The maximum atomic E-state index is 10.5. The largest absolute Gasteiger partial charge is 0.339 e. The number of aliphatic imine (C=N–C) groups is 1. The number of fused-ring (bicyclic) bond motifs is 10. The molecule has 1 N–H and O–H groups in total. The van der Waals surface area contributed by atoms with Crippen molar-refractivity contribution in [2.24, 2.45) is 4.99 Å². The number of nitrogens with zero attached hydrogens (tertiary/aromatic N) is 4. The van der Waals surface area contributed by atoms with Gasteiger partial charge >= 0.3 is 0 Å². The van der Waals surface area contributed by atoms with E-state index in [9.17, 15) is 5.26 Å². The fraction of sp³-hybridized carbons (Fsp3) is 0.0196. The molecular weight excluding hydrogens is 715 g/mol. The quantitative estimate of drug-likeness (QED) is 0.195. The molecule has 0 spiro atoms. The summed E-state index contributed by atoms with van der Waals surface area (Å²) in [5, 5.41) is 22.6. The van der Waals surface area contributed by atoms with Gasteiger partial charge in [0.25, 0.3) is 0 Å². The van der Waals surface area contributed by atoms with E-state index in [0.29, 0.717) is 5.56 Å². The van der Waals surface area contributed by atoms with Crippen LogP contribution in [0.4, 0.5) is 5.69 Å². The fourth-order valence-corrected chi connectivity index (χ4v) is 10.2. The molecule has 12 rings (SSSR count). The highest BCUT2D eigenvalue weighted by atomic mass is 32.1. The molecule has 4 heterocycles. The van der Waals surface area contributed by atoms with Crippen LogP contribution in [0.2, 0.25) is 0 Å². The Kier molecular flexibility index (Phi) is 6.86. The van der Waals surface area contributed by atoms with Crippen LogP contribution in [0.1, 0.15) is 27.6 Å². The molecule has 6 heteroatoms. The first-order chi connectivity index (χ1) is 28.2. The van der Waals surface area contributed by atoms with Crippen molar-refractivity contribution in [2.75, 3.05) is 5.32 Å². The Bertz CT molecular complexity index is 3520. The molecule has 11 aromatic rings. The van der Waals surface area contributed by atoms with Crippen molar-refractivity contribution in [1.82, 2.24) is 9.13 Å². The van der Waals surface area contributed by atoms with Crippen LogP contribution in [0.5, 0.6) is 0 Å². The van der Waals surface area contributed by atoms with E-state index >= 15 is 0 Å². The van der Waals surface area contributed by atoms with Crippen molar-refractivity contribution in [3.63, 3.8) is 0 Å². The van der Waals surface area contributed by atoms with Gasteiger partial charge in [0.05, 0.1) is 44.3 Å². The average molecular weight is 746 g/mol. The van der Waals surface area contributed by atoms with Gasteiger partial charge in [0, 0.05) is 48.6 Å². The summed E-state index contributed by atoms with van der Waals surface area (Å²) in [6, 6.07) is 64.6. The lowest BCUT2D eigenvalue weighted by Gasteiger charge is -2.24. The molecule has 1 aliphatic rings. The van der Waals surface area contributed by atoms with Gasteiger partial charge in [-0.05, 0) is 83.1 Å². The summed E-state index contributed by atoms with van der Waals surface area (Å²) >= 11 is 1.79. The molecule has 1 aliphatic heterocycles. The van der Waals surface area contributed by atoms with Crippen molar-refractivity contribution < 1.29 is 0 Å². The second-order valence-electron chi connectivity index (χ2n) is 14.8. The van der Waals surface area contributed by atoms with E-state index in [1.807, 2.05) is 12.1 Å². The Hall–Kier alpha value is -7.46. The highest BCUT2D eigenvalue weighted by Gasteiger charge is 2.29. The number of amidine groups is 1. The van der Waals surface area contributed by atoms with Gasteiger partial charge in [-0.15, -0.1) is 11.3 Å². The summed E-state index contributed by atoms with van der Waals surface area (Å²) in [5.41, 5.74) is 10.2. The standard InChI is InChI=1S/C51H31N5S/c52-30-31-24-35(26-37(25-31)56-44-20-10-7-17-39(44)42-27-32-12-4-5-13-33(32)28-46(42)56)51-53-48(50-49(54-51)41-18-8-11-21-47(41)57-50)34-22-23-40-38-16-6-9-19-43(38)55(45(40)29-34)36-14-2-1-3-15-36/h1-29,48H,(H,53,54). The topological polar surface area (TPSA) is 58.0 Å². The van der Waals surface area contributed by atoms with Crippen molar-refractivity contribution in [1.29, 1.82) is 5.26 Å². The van der Waals surface area contributed by atoms with Gasteiger partial charge in [0.2, 0.25) is 0 Å². The number of anilines is 1. The third-order valence-corrected chi connectivity index (χ3v) is 12.7. The molecule has 3 aromatic heterocycles. The number of para-hydroxylation sites is 3. The summed E-state index contributed by atoms with van der Waals surface area (Å²) in [7, 11) is 0. The van der Waals surface area contributed by atoms with Gasteiger partial charge in [-0.2, -0.15) is 5.26 Å². The number of aromatic nitrogens is 2. The number of nitrogens with one attached hydrogen (secondary N) is 1. The molecule has 0 radical (unpaired) electrons. The molecule has 0 aliphatic carbocycles. The van der Waals surface area contributed by atoms with Crippen molar-refractivity contribution in [3.05, 3.63) is 197 Å². The van der Waals surface area contributed by atoms with Crippen LogP contribution in [-0.2, 0) is 0 Å². The number of hydrogen-bond acceptors (Lipinski definition) is 4. The third-order valence-electron chi connectivity index (χ3n) is 11.5. The molecule has 1 atom stereocenters. The second-order valence-corrected chi connectivity index (χ2v) is 15.8. The van der Waals surface area contributed by atoms with Gasteiger partial charge < -0.3 is 14.5 Å². The molecule has 5 nitrogen and oxygen atoms in total. The zero-order valence-corrected chi connectivity index (χ0v) is 31.3. The number of hydrogen-bond donors (Lipinski definition) is 1. The number of rotatable bonds is 4. The first-order valence-electron chi connectivity index (χ1n) is 19.1. The fourth-order valence-electron chi connectivity index (χ4n) is 8.98. The lowest BCUT2D eigenvalue weighted by Crippen LogP contribution is -2.21. The molecule has 0 bridgehead atoms. The highest BCUT2D eigenvalue weighted by molar-refractivity contribution is 7.20. The monoisotopic (exact) mass is 745 g/mol. The smallest absolute Gasteiger partial charge is 0.133 e. The second kappa shape index (κ2) is 12.3. The van der Waals surface area contributed by atoms with E-state index in [-0.39, 0.29) is 6.04 Å². The minimum Gasteiger partial charge on any atom is -0.339 e. The summed E-state index contributed by atoms with van der Waals surface area (Å²) in [4.78, 5) is 6.75. The molecule has 0 saturated carbocycles. The Labute approximate surface area is 331 Å². The van der Waals surface area contributed by atoms with Gasteiger partial charge in [0.1, 0.15) is 11.9 Å². The van der Waals surface area contributed by atoms with Gasteiger partial charge in [-0.25, -0.2) is 0 Å². The zero-order valence-electron chi connectivity index (χ0n) is 30.5. The normalized spacial score (nSPS) is 14.0. The molecule has 0 saturated heterocycles. The van der Waals surface area contributed by atoms with Gasteiger partial charge in [0.15, 0.2) is 0 Å². The molecular formula is C51H31N5S. The van der Waals surface area contributed by atoms with E-state index in [0.717, 1.165) is 50.6 Å². The van der Waals surface area contributed by atoms with Gasteiger partial charge in [-0.1, -0.05) is 109 Å². The van der Waals surface area contributed by atoms with Crippen LogP contribution in [0.25, 0.3) is 75.8 Å². The third kappa shape index (κ3) is 4.83. The Morgan fingerprint density at radius 3 is 1.95 bits per heavy atom. The van der Waals surface area contributed by atoms with Crippen LogP contribution in [0.3, 0.4) is 0 Å². The molecule has 0 amide bonds. The molecule has 57 heavy (non-hydrogen) atoms. The Morgan fingerprint density at radius 1 is 0.526 bits per heavy atom. The minimum atomic E-state index is -0.269. The Morgan fingerprint density at radius 2 is 1.16 bits per heavy atom. The minimum absolute atomic E-state index is 0.269. The van der Waals surface area contributed by atoms with Crippen LogP contribution in [0.15, 0.2) is 181 Å². The summed E-state index contributed by atoms with van der Waals surface area (Å²) in [5.74, 6) is 0.740. The maximum Gasteiger partial charge on any atom is 0.133 e. The van der Waals surface area contributed by atoms with Crippen LogP contribution < -0.4 is 5.32 Å². The maximum absolute atomic E-state index is 10.5. The first kappa shape index (κ1) is 31.8. The number of nitriles is 1. The van der Waals surface area contributed by atoms with Crippen molar-refractivity contribution >= 4 is 87.3 Å². The zero-order chi connectivity index (χ0) is 37.6. The molecule has 266 valence electrons. The number of thiophene rings is 1. The predicted molar refractivity (Wildman–Crippen MR) is 238 cm³/mol. The summed E-state index contributed by atoms with van der Waals surface area (Å²) in [6.45, 7) is 0. The Balaban J connectivity index is 1.08. The van der Waals surface area contributed by atoms with E-state index in [1.165, 1.54) is 52.8 Å². The molecule has 8 aromatic carbocycles. The average Bonchev–Trinajstić information content (AvgIpc) is 3.92. The first-order valence-corrected chi connectivity index (χ1v) is 19.9. The lowest BCUT2D eigenvalue weighted by molar-refractivity contribution is 0.887. The van der Waals surface area contributed by atoms with Crippen LogP contribution in [-0.4, -0.2) is 15.0 Å². The highest BCUT2D eigenvalue weighted by Crippen LogP contribution is 2.47. The van der Waals surface area contributed by atoms with E-state index in [2.05, 4.69) is 184 Å². The lowest BCUT2D eigenvalue weighted by atomic mass is 9.99. The van der Waals surface area contributed by atoms with Crippen LogP contribution in [0, 0.1) is 11.3 Å². The summed E-state index contributed by atoms with van der Waals surface area (Å²) in [6.07, 6.45) is 0. The molecule has 1 unspecified atom stereocenters. The van der Waals surface area contributed by atoms with Gasteiger partial charge in [-0.3, -0.25) is 4.99 Å². The van der Waals surface area contributed by atoms with E-state index in [4.69, 9.17) is 4.99 Å². The SMILES string of the molecule is N#Cc1cc(C2=NC(c3ccc4c5ccccc5n(-c5ccccc5)c4c3)c3sc4ccccc4c3N2)cc(-n2c3ccccc3c3cc4ccccc4cc32)c1. The van der Waals surface area contributed by atoms with Crippen molar-refractivity contribution in [3.8, 4) is 17.4 Å². The molecule has 0 fully saturated rings. The predicted octanol–water partition coefficient (Wildman–Crippen LogP) is 13.1. The van der Waals surface area contributed by atoms with E-state index < -0.39 is 0 Å². The number of benzene rings is 8. The van der Waals surface area contributed by atoms with Crippen LogP contribution >= 0.6 is 11.3 Å². The van der Waals surface area contributed by atoms with E-state index in [1.54, 1.807) is 11.3 Å². The van der Waals surface area contributed by atoms with Crippen molar-refractivity contribution in [2.45, 2.75) is 6.04 Å². The summed E-state index contributed by atoms with van der Waals surface area (Å²) < 4.78 is 5.87.